The van der Waals surface area contributed by atoms with E-state index in [1.165, 1.54) is 0 Å². The summed E-state index contributed by atoms with van der Waals surface area (Å²) in [5, 5.41) is 2.25. The van der Waals surface area contributed by atoms with Crippen LogP contribution in [0.4, 0.5) is 29.3 Å². The first-order chi connectivity index (χ1) is 8.49. The minimum Gasteiger partial charge on any atom is -0.444 e. The average Bonchev–Trinajstić information content (AvgIpc) is 2.11. The number of hydrogen-bond donors (Lipinski definition) is 2. The number of nitrogens with two attached hydrogens (primary N) is 1. The van der Waals surface area contributed by atoms with Crippen molar-refractivity contribution in [2.24, 2.45) is 0 Å². The third kappa shape index (κ3) is 4.65. The van der Waals surface area contributed by atoms with E-state index < -0.39 is 29.3 Å². The van der Waals surface area contributed by atoms with Gasteiger partial charge in [-0.2, -0.15) is 13.2 Å². The molecular weight excluding hydrogens is 263 g/mol. The van der Waals surface area contributed by atoms with Crippen molar-refractivity contribution in [3.63, 3.8) is 0 Å². The quantitative estimate of drug-likeness (QED) is 0.827. The number of halogens is 3. The molecule has 106 valence electrons. The second kappa shape index (κ2) is 4.94. The van der Waals surface area contributed by atoms with Gasteiger partial charge >= 0.3 is 12.3 Å². The number of carbonyl (C=O) groups is 1. The lowest BCUT2D eigenvalue weighted by molar-refractivity contribution is -0.140. The zero-order valence-corrected chi connectivity index (χ0v) is 10.6. The molecule has 0 saturated carbocycles. The van der Waals surface area contributed by atoms with Gasteiger partial charge in [0.05, 0.1) is 17.6 Å². The van der Waals surface area contributed by atoms with Crippen LogP contribution >= 0.6 is 0 Å². The van der Waals surface area contributed by atoms with Crippen LogP contribution in [0.1, 0.15) is 26.5 Å². The summed E-state index contributed by atoms with van der Waals surface area (Å²) < 4.78 is 42.2. The molecule has 0 atom stereocenters. The number of alkyl halides is 3. The summed E-state index contributed by atoms with van der Waals surface area (Å²) in [5.41, 5.74) is 2.79. The molecule has 0 radical (unpaired) electrons. The maximum Gasteiger partial charge on any atom is 0.435 e. The predicted molar refractivity (Wildman–Crippen MR) is 63.5 cm³/mol. The van der Waals surface area contributed by atoms with E-state index >= 15 is 0 Å². The van der Waals surface area contributed by atoms with E-state index in [1.54, 1.807) is 20.8 Å². The third-order valence-corrected chi connectivity index (χ3v) is 1.83. The third-order valence-electron chi connectivity index (χ3n) is 1.83. The summed E-state index contributed by atoms with van der Waals surface area (Å²) in [7, 11) is 0. The lowest BCUT2D eigenvalue weighted by Gasteiger charge is -2.19. The van der Waals surface area contributed by atoms with Gasteiger partial charge in [0.15, 0.2) is 5.69 Å². The van der Waals surface area contributed by atoms with Crippen LogP contribution in [-0.2, 0) is 10.9 Å². The van der Waals surface area contributed by atoms with Gasteiger partial charge in [-0.25, -0.2) is 9.78 Å². The van der Waals surface area contributed by atoms with Crippen molar-refractivity contribution in [2.75, 3.05) is 11.1 Å². The maximum atomic E-state index is 12.4. The number of nitrogens with one attached hydrogen (secondary N) is 1. The van der Waals surface area contributed by atoms with Gasteiger partial charge in [-0.1, -0.05) is 0 Å². The fourth-order valence-electron chi connectivity index (χ4n) is 1.21. The van der Waals surface area contributed by atoms with Crippen molar-refractivity contribution in [1.82, 2.24) is 4.98 Å². The average molecular weight is 277 g/mol. The number of nitrogen functional groups attached to an aromatic ring is 1. The highest BCUT2D eigenvalue weighted by Gasteiger charge is 2.35. The molecule has 1 amide bonds. The Morgan fingerprint density at radius 1 is 1.37 bits per heavy atom. The molecule has 5 nitrogen and oxygen atoms in total. The molecule has 0 spiro atoms. The fourth-order valence-corrected chi connectivity index (χ4v) is 1.21. The van der Waals surface area contributed by atoms with Crippen molar-refractivity contribution in [1.29, 1.82) is 0 Å². The molecule has 1 heterocycles. The zero-order valence-electron chi connectivity index (χ0n) is 10.6. The monoisotopic (exact) mass is 277 g/mol. The normalized spacial score (nSPS) is 12.1. The molecule has 0 aliphatic heterocycles. The Bertz CT molecular complexity index is 481. The number of anilines is 2. The predicted octanol–water partition coefficient (Wildman–Crippen LogP) is 3.03. The van der Waals surface area contributed by atoms with Crippen LogP contribution in [0.15, 0.2) is 12.3 Å². The van der Waals surface area contributed by atoms with Crippen molar-refractivity contribution in [2.45, 2.75) is 32.5 Å². The van der Waals surface area contributed by atoms with Gasteiger partial charge in [0.2, 0.25) is 0 Å². The van der Waals surface area contributed by atoms with Crippen molar-refractivity contribution in [3.8, 4) is 0 Å². The molecule has 0 bridgehead atoms. The SMILES string of the molecule is CC(C)(C)OC(=O)Nc1cnc(C(F)(F)F)c(N)c1. The van der Waals surface area contributed by atoms with Crippen LogP contribution in [0.5, 0.6) is 0 Å². The number of amides is 1. The molecule has 19 heavy (non-hydrogen) atoms. The highest BCUT2D eigenvalue weighted by Crippen LogP contribution is 2.32. The van der Waals surface area contributed by atoms with E-state index in [0.717, 1.165) is 12.3 Å². The number of ether oxygens (including phenoxy) is 1. The maximum absolute atomic E-state index is 12.4. The number of pyridine rings is 1. The van der Waals surface area contributed by atoms with Crippen LogP contribution in [-0.4, -0.2) is 16.7 Å². The van der Waals surface area contributed by atoms with Crippen LogP contribution < -0.4 is 11.1 Å². The van der Waals surface area contributed by atoms with Crippen molar-refractivity contribution < 1.29 is 22.7 Å². The van der Waals surface area contributed by atoms with Crippen LogP contribution in [0.25, 0.3) is 0 Å². The molecule has 0 unspecified atom stereocenters. The first-order valence-corrected chi connectivity index (χ1v) is 5.32. The Kier molecular flexibility index (Phi) is 3.92. The summed E-state index contributed by atoms with van der Waals surface area (Å²) in [6.07, 6.45) is -4.56. The van der Waals surface area contributed by atoms with Gasteiger partial charge in [-0.3, -0.25) is 5.32 Å². The molecule has 0 saturated heterocycles. The van der Waals surface area contributed by atoms with Gasteiger partial charge < -0.3 is 10.5 Å². The largest absolute Gasteiger partial charge is 0.444 e. The summed E-state index contributed by atoms with van der Waals surface area (Å²) in [6.45, 7) is 4.98. The molecule has 8 heteroatoms. The molecule has 0 aliphatic rings. The van der Waals surface area contributed by atoms with Crippen LogP contribution in [0.3, 0.4) is 0 Å². The van der Waals surface area contributed by atoms with Gasteiger partial charge in [0.1, 0.15) is 5.60 Å². The summed E-state index contributed by atoms with van der Waals surface area (Å²) >= 11 is 0. The van der Waals surface area contributed by atoms with E-state index in [0.29, 0.717) is 0 Å². The van der Waals surface area contributed by atoms with Gasteiger partial charge in [0, 0.05) is 0 Å². The molecular formula is C11H14F3N3O2. The molecule has 0 aromatic carbocycles. The summed E-state index contributed by atoms with van der Waals surface area (Å²) in [6, 6.07) is 0.972. The number of aromatic nitrogens is 1. The van der Waals surface area contributed by atoms with E-state index in [4.69, 9.17) is 10.5 Å². The van der Waals surface area contributed by atoms with Gasteiger partial charge in [-0.05, 0) is 26.8 Å². The van der Waals surface area contributed by atoms with Crippen molar-refractivity contribution in [3.05, 3.63) is 18.0 Å². The van der Waals surface area contributed by atoms with E-state index in [-0.39, 0.29) is 5.69 Å². The molecule has 0 fully saturated rings. The minimum atomic E-state index is -4.63. The Balaban J connectivity index is 2.83. The molecule has 0 aliphatic carbocycles. The van der Waals surface area contributed by atoms with E-state index in [9.17, 15) is 18.0 Å². The lowest BCUT2D eigenvalue weighted by Crippen LogP contribution is -2.27. The molecule has 1 aromatic rings. The Morgan fingerprint density at radius 2 is 1.95 bits per heavy atom. The van der Waals surface area contributed by atoms with Crippen LogP contribution in [0.2, 0.25) is 0 Å². The summed E-state index contributed by atoms with van der Waals surface area (Å²) in [4.78, 5) is 14.6. The van der Waals surface area contributed by atoms with E-state index in [1.807, 2.05) is 0 Å². The highest BCUT2D eigenvalue weighted by molar-refractivity contribution is 5.85. The van der Waals surface area contributed by atoms with Crippen molar-refractivity contribution >= 4 is 17.5 Å². The second-order valence-corrected chi connectivity index (χ2v) is 4.79. The zero-order chi connectivity index (χ0) is 14.8. The smallest absolute Gasteiger partial charge is 0.435 e. The number of nitrogens with zero attached hydrogens (tertiary/aromatic N) is 1. The lowest BCUT2D eigenvalue weighted by atomic mass is 10.2. The molecule has 1 aromatic heterocycles. The van der Waals surface area contributed by atoms with Gasteiger partial charge in [-0.15, -0.1) is 0 Å². The Labute approximate surface area is 108 Å². The Hall–Kier alpha value is -1.99. The minimum absolute atomic E-state index is 0.0275. The molecule has 1 rings (SSSR count). The number of carbonyl (C=O) groups excluding carboxylic acids is 1. The fraction of sp³-hybridized carbons (Fsp3) is 0.455. The summed E-state index contributed by atoms with van der Waals surface area (Å²) in [5.74, 6) is 0. The van der Waals surface area contributed by atoms with E-state index in [2.05, 4.69) is 10.3 Å². The first-order valence-electron chi connectivity index (χ1n) is 5.32. The second-order valence-electron chi connectivity index (χ2n) is 4.79. The molecule has 3 N–H and O–H groups in total. The number of hydrogen-bond acceptors (Lipinski definition) is 4. The Morgan fingerprint density at radius 3 is 2.37 bits per heavy atom. The number of rotatable bonds is 1. The van der Waals surface area contributed by atoms with Gasteiger partial charge in [0.25, 0.3) is 0 Å². The first kappa shape index (κ1) is 15.1. The van der Waals surface area contributed by atoms with Crippen LogP contribution in [0, 0.1) is 0 Å². The topological polar surface area (TPSA) is 77.2 Å². The highest BCUT2D eigenvalue weighted by atomic mass is 19.4. The standard InChI is InChI=1S/C11H14F3N3O2/c1-10(2,3)19-9(18)17-6-4-7(15)8(16-5-6)11(12,13)14/h4-5H,15H2,1-3H3,(H,17,18).